The molecule has 5 aromatic rings. The highest BCUT2D eigenvalue weighted by atomic mass is 35.5. The van der Waals surface area contributed by atoms with Crippen molar-refractivity contribution < 1.29 is 47.6 Å². The van der Waals surface area contributed by atoms with Crippen LogP contribution in [0.2, 0.25) is 0 Å². The lowest BCUT2D eigenvalue weighted by molar-refractivity contribution is -0.128. The molecular weight excluding hydrogens is 925 g/mol. The molecule has 22 heteroatoms. The van der Waals surface area contributed by atoms with Gasteiger partial charge in [-0.05, 0) is 84.0 Å². The summed E-state index contributed by atoms with van der Waals surface area (Å²) in [4.78, 5) is 102. The van der Waals surface area contributed by atoms with Crippen molar-refractivity contribution in [3.8, 4) is 5.75 Å². The Bertz CT molecular complexity index is 2700. The summed E-state index contributed by atoms with van der Waals surface area (Å²) in [6.45, 7) is 4.69. The number of benzene rings is 4. The fourth-order valence-electron chi connectivity index (χ4n) is 7.84. The van der Waals surface area contributed by atoms with Gasteiger partial charge in [-0.3, -0.25) is 33.8 Å². The van der Waals surface area contributed by atoms with Crippen molar-refractivity contribution in [3.05, 3.63) is 95.7 Å². The van der Waals surface area contributed by atoms with Gasteiger partial charge in [0.15, 0.2) is 0 Å². The Labute approximate surface area is 396 Å². The topological polar surface area (TPSA) is 286 Å². The molecule has 356 valence electrons. The van der Waals surface area contributed by atoms with E-state index in [0.29, 0.717) is 64.0 Å². The molecule has 1 aliphatic heterocycles. The van der Waals surface area contributed by atoms with Crippen LogP contribution in [0.5, 0.6) is 5.75 Å². The van der Waals surface area contributed by atoms with Crippen molar-refractivity contribution in [2.45, 2.75) is 51.1 Å². The number of nitrogens with one attached hydrogen (secondary N) is 7. The lowest BCUT2D eigenvalue weighted by Gasteiger charge is -2.25. The van der Waals surface area contributed by atoms with Gasteiger partial charge in [0, 0.05) is 83.7 Å². The third-order valence-electron chi connectivity index (χ3n) is 11.0. The second-order valence-corrected chi connectivity index (χ2v) is 18.1. The quantitative estimate of drug-likeness (QED) is 0.0203. The van der Waals surface area contributed by atoms with Gasteiger partial charge in [0.05, 0.1) is 11.7 Å². The molecule has 0 fully saturated rings. The van der Waals surface area contributed by atoms with E-state index in [0.717, 1.165) is 5.56 Å². The number of urea groups is 1. The van der Waals surface area contributed by atoms with Crippen molar-refractivity contribution >= 4 is 106 Å². The smallest absolute Gasteiger partial charge is 0.404 e. The molecule has 0 spiro atoms. The minimum Gasteiger partial charge on any atom is -0.404 e. The lowest BCUT2D eigenvalue weighted by Crippen LogP contribution is -2.54. The third kappa shape index (κ3) is 13.1. The summed E-state index contributed by atoms with van der Waals surface area (Å²) in [6, 6.07) is 18.9. The Morgan fingerprint density at radius 2 is 1.63 bits per heavy atom. The highest BCUT2D eigenvalue weighted by Gasteiger charge is 2.36. The standard InChI is InChI=1S/C45H53ClN9O10PS/c1-25(2)40(49-18-17-48-38(56)15-19-67)43(59)54-34(8-5-16-50-45(47)61)42(58)51-29-11-9-26(10-12-29)41(57)52-30-13-14-33-27(20-30)21-35(53-33)44(60)55-24-28(23-46)39-32-7-4-3-6-31(32)37(22-36(39)55)65-66(62,63)64/h3-4,6-7,9-14,20-22,25,28,34,40,49,53,67H,5,8,15-19,23-24H2,1-2H3,(H,48,56)(H,51,58)(H,52,57)(H,54,59)(H3,47,50,61)(H2,62,63,64). The monoisotopic (exact) mass is 977 g/mol. The van der Waals surface area contributed by atoms with Crippen LogP contribution in [-0.2, 0) is 18.9 Å². The van der Waals surface area contributed by atoms with Gasteiger partial charge in [-0.1, -0.05) is 38.1 Å². The molecule has 1 aromatic heterocycles. The Morgan fingerprint density at radius 3 is 2.30 bits per heavy atom. The van der Waals surface area contributed by atoms with Crippen LogP contribution in [0.15, 0.2) is 78.9 Å². The number of halogens is 1. The summed E-state index contributed by atoms with van der Waals surface area (Å²) in [7, 11) is -4.94. The van der Waals surface area contributed by atoms with Gasteiger partial charge in [0.25, 0.3) is 11.8 Å². The molecule has 11 N–H and O–H groups in total. The number of phosphoric ester groups is 1. The largest absolute Gasteiger partial charge is 0.524 e. The molecule has 1 aliphatic rings. The summed E-state index contributed by atoms with van der Waals surface area (Å²) < 4.78 is 17.0. The fourth-order valence-corrected chi connectivity index (χ4v) is 8.70. The number of anilines is 3. The predicted octanol–water partition coefficient (Wildman–Crippen LogP) is 4.95. The fraction of sp³-hybridized carbons (Fsp3) is 0.333. The zero-order valence-corrected chi connectivity index (χ0v) is 39.2. The number of fused-ring (bicyclic) bond motifs is 4. The van der Waals surface area contributed by atoms with E-state index in [-0.39, 0.29) is 66.6 Å². The number of hydrogen-bond donors (Lipinski definition) is 11. The second kappa shape index (κ2) is 22.6. The maximum atomic E-state index is 14.1. The number of nitrogens with zero attached hydrogens (tertiary/aromatic N) is 1. The number of primary amides is 1. The Kier molecular flexibility index (Phi) is 16.9. The first kappa shape index (κ1) is 50.3. The van der Waals surface area contributed by atoms with E-state index in [2.05, 4.69) is 49.5 Å². The van der Waals surface area contributed by atoms with E-state index in [4.69, 9.17) is 21.9 Å². The lowest BCUT2D eigenvalue weighted by atomic mass is 9.95. The van der Waals surface area contributed by atoms with Crippen molar-refractivity contribution in [2.75, 3.05) is 53.3 Å². The van der Waals surface area contributed by atoms with Crippen molar-refractivity contribution in [3.63, 3.8) is 0 Å². The van der Waals surface area contributed by atoms with Crippen LogP contribution in [0.3, 0.4) is 0 Å². The average molecular weight is 978 g/mol. The molecule has 0 bridgehead atoms. The molecule has 67 heavy (non-hydrogen) atoms. The molecule has 0 aliphatic carbocycles. The van der Waals surface area contributed by atoms with Crippen LogP contribution < -0.4 is 47.1 Å². The molecule has 3 unspecified atom stereocenters. The number of aromatic amines is 1. The molecule has 4 aromatic carbocycles. The first-order valence-corrected chi connectivity index (χ1v) is 24.1. The summed E-state index contributed by atoms with van der Waals surface area (Å²) in [5.74, 6) is -1.88. The Morgan fingerprint density at radius 1 is 0.910 bits per heavy atom. The summed E-state index contributed by atoms with van der Waals surface area (Å²) in [5, 5.41) is 18.6. The number of hydrogen-bond acceptors (Lipinski definition) is 10. The van der Waals surface area contributed by atoms with E-state index in [9.17, 15) is 43.1 Å². The number of thiol groups is 1. The van der Waals surface area contributed by atoms with Crippen LogP contribution in [0, 0.1) is 5.92 Å². The first-order valence-electron chi connectivity index (χ1n) is 21.4. The second-order valence-electron chi connectivity index (χ2n) is 16.2. The van der Waals surface area contributed by atoms with E-state index in [1.54, 1.807) is 60.7 Å². The highest BCUT2D eigenvalue weighted by molar-refractivity contribution is 7.80. The van der Waals surface area contributed by atoms with Crippen LogP contribution in [0.4, 0.5) is 21.9 Å². The molecule has 0 radical (unpaired) electrons. The molecule has 6 rings (SSSR count). The average Bonchev–Trinajstić information content (AvgIpc) is 3.88. The number of nitrogens with two attached hydrogens (primary N) is 1. The van der Waals surface area contributed by atoms with Gasteiger partial charge in [0.1, 0.15) is 17.5 Å². The van der Waals surface area contributed by atoms with Gasteiger partial charge < -0.3 is 52.0 Å². The molecule has 7 amide bonds. The van der Waals surface area contributed by atoms with Crippen LogP contribution in [0.1, 0.15) is 65.4 Å². The van der Waals surface area contributed by atoms with Crippen LogP contribution in [-0.4, -0.2) is 100 Å². The van der Waals surface area contributed by atoms with Crippen molar-refractivity contribution in [1.29, 1.82) is 0 Å². The molecule has 19 nitrogen and oxygen atoms in total. The minimum absolute atomic E-state index is 0.0735. The highest BCUT2D eigenvalue weighted by Crippen LogP contribution is 2.49. The number of carbonyl (C=O) groups is 6. The summed E-state index contributed by atoms with van der Waals surface area (Å²) >= 11 is 10.5. The molecule has 3 atom stereocenters. The maximum absolute atomic E-state index is 14.1. The predicted molar refractivity (Wildman–Crippen MR) is 260 cm³/mol. The SMILES string of the molecule is CC(C)C(NCCNC(=O)CCS)C(=O)NC(CCCNC(N)=O)C(=O)Nc1ccc(C(=O)Nc2ccc3[nH]c(C(=O)N4CC(CCl)c5c4cc(OP(=O)(O)O)c4ccccc54)cc3c2)cc1. The number of phosphoric acid groups is 1. The normalized spacial score (nSPS) is 14.3. The van der Waals surface area contributed by atoms with Crippen molar-refractivity contribution in [2.24, 2.45) is 11.7 Å². The van der Waals surface area contributed by atoms with E-state index < -0.39 is 49.6 Å². The summed E-state index contributed by atoms with van der Waals surface area (Å²) in [5.41, 5.74) is 8.27. The minimum atomic E-state index is -4.94. The third-order valence-corrected chi connectivity index (χ3v) is 12.0. The Hall–Kier alpha value is -6.15. The number of carbonyl (C=O) groups excluding carboxylic acids is 6. The maximum Gasteiger partial charge on any atom is 0.524 e. The summed E-state index contributed by atoms with van der Waals surface area (Å²) in [6.07, 6.45) is 0.763. The van der Waals surface area contributed by atoms with Gasteiger partial charge in [-0.25, -0.2) is 9.36 Å². The number of rotatable bonds is 21. The zero-order chi connectivity index (χ0) is 48.4. The van der Waals surface area contributed by atoms with E-state index in [1.165, 1.54) is 23.1 Å². The van der Waals surface area contributed by atoms with Gasteiger partial charge in [-0.2, -0.15) is 12.6 Å². The number of aromatic nitrogens is 1. The number of amides is 7. The first-order chi connectivity index (χ1) is 32.0. The van der Waals surface area contributed by atoms with Gasteiger partial charge in [0.2, 0.25) is 17.7 Å². The van der Waals surface area contributed by atoms with Crippen LogP contribution >= 0.6 is 32.1 Å². The zero-order valence-electron chi connectivity index (χ0n) is 36.6. The molecule has 2 heterocycles. The number of alkyl halides is 1. The molecular formula is C45H53ClN9O10PS. The van der Waals surface area contributed by atoms with Gasteiger partial charge in [-0.15, -0.1) is 11.6 Å². The molecule has 0 saturated carbocycles. The van der Waals surface area contributed by atoms with Gasteiger partial charge >= 0.3 is 13.9 Å². The Balaban J connectivity index is 1.11. The van der Waals surface area contributed by atoms with E-state index in [1.807, 2.05) is 13.8 Å². The molecule has 0 saturated heterocycles. The van der Waals surface area contributed by atoms with E-state index >= 15 is 0 Å². The number of H-pyrrole nitrogens is 1. The van der Waals surface area contributed by atoms with Crippen molar-refractivity contribution in [1.82, 2.24) is 26.3 Å². The van der Waals surface area contributed by atoms with Crippen LogP contribution in [0.25, 0.3) is 21.7 Å².